The van der Waals surface area contributed by atoms with Crippen molar-refractivity contribution in [2.45, 2.75) is 26.2 Å². The number of hydrogen-bond acceptors (Lipinski definition) is 2. The number of carbonyl (C=O) groups is 1. The van der Waals surface area contributed by atoms with Crippen LogP contribution in [0.1, 0.15) is 26.2 Å². The van der Waals surface area contributed by atoms with E-state index in [2.05, 4.69) is 18.2 Å². The first-order valence-corrected chi connectivity index (χ1v) is 7.10. The van der Waals surface area contributed by atoms with Gasteiger partial charge in [0, 0.05) is 18.4 Å². The summed E-state index contributed by atoms with van der Waals surface area (Å²) in [4.78, 5) is 11.3. The highest BCUT2D eigenvalue weighted by atomic mass is 16.5. The molecular formula is C18H20O2. The topological polar surface area (TPSA) is 26.3 Å². The molecule has 2 heteroatoms. The molecule has 2 aromatic rings. The molecule has 0 saturated heterocycles. The Hall–Kier alpha value is -2.09. The fourth-order valence-corrected chi connectivity index (χ4v) is 2.08. The van der Waals surface area contributed by atoms with Crippen LogP contribution >= 0.6 is 0 Å². The fourth-order valence-electron chi connectivity index (χ4n) is 2.08. The van der Waals surface area contributed by atoms with Gasteiger partial charge in [-0.05, 0) is 18.1 Å². The Morgan fingerprint density at radius 2 is 1.70 bits per heavy atom. The van der Waals surface area contributed by atoms with Crippen molar-refractivity contribution >= 4 is 5.78 Å². The van der Waals surface area contributed by atoms with Crippen LogP contribution in [0.5, 0.6) is 5.75 Å². The summed E-state index contributed by atoms with van der Waals surface area (Å²) >= 11 is 0. The summed E-state index contributed by atoms with van der Waals surface area (Å²) in [5.74, 6) is 1.17. The Balaban J connectivity index is 2.00. The van der Waals surface area contributed by atoms with Crippen LogP contribution in [0.3, 0.4) is 0 Å². The molecule has 0 fully saturated rings. The summed E-state index contributed by atoms with van der Waals surface area (Å²) in [5.41, 5.74) is 2.24. The van der Waals surface area contributed by atoms with Crippen molar-refractivity contribution in [2.75, 3.05) is 6.61 Å². The van der Waals surface area contributed by atoms with Gasteiger partial charge in [0.2, 0.25) is 0 Å². The smallest absolute Gasteiger partial charge is 0.132 e. The van der Waals surface area contributed by atoms with Crippen LogP contribution < -0.4 is 4.74 Å². The minimum Gasteiger partial charge on any atom is -0.493 e. The average Bonchev–Trinajstić information content (AvgIpc) is 2.52. The van der Waals surface area contributed by atoms with Crippen LogP contribution in [-0.2, 0) is 4.79 Å². The normalized spacial score (nSPS) is 10.2. The van der Waals surface area contributed by atoms with Gasteiger partial charge in [-0.3, -0.25) is 4.79 Å². The zero-order valence-electron chi connectivity index (χ0n) is 11.8. The lowest BCUT2D eigenvalue weighted by atomic mass is 10.1. The summed E-state index contributed by atoms with van der Waals surface area (Å²) < 4.78 is 5.83. The van der Waals surface area contributed by atoms with Crippen molar-refractivity contribution in [3.63, 3.8) is 0 Å². The predicted octanol–water partition coefficient (Wildman–Crippen LogP) is 4.49. The molecule has 0 saturated carbocycles. The van der Waals surface area contributed by atoms with Crippen LogP contribution in [-0.4, -0.2) is 12.4 Å². The summed E-state index contributed by atoms with van der Waals surface area (Å²) in [5, 5.41) is 0. The third kappa shape index (κ3) is 3.95. The minimum atomic E-state index is 0.296. The Kier molecular flexibility index (Phi) is 5.36. The molecule has 0 spiro atoms. The maximum absolute atomic E-state index is 11.3. The van der Waals surface area contributed by atoms with E-state index in [9.17, 15) is 4.79 Å². The van der Waals surface area contributed by atoms with E-state index in [4.69, 9.17) is 4.74 Å². The second-order valence-electron chi connectivity index (χ2n) is 4.71. The summed E-state index contributed by atoms with van der Waals surface area (Å²) in [6, 6.07) is 18.2. The van der Waals surface area contributed by atoms with Gasteiger partial charge in [0.1, 0.15) is 11.5 Å². The summed E-state index contributed by atoms with van der Waals surface area (Å²) in [7, 11) is 0. The van der Waals surface area contributed by atoms with Crippen molar-refractivity contribution < 1.29 is 9.53 Å². The molecule has 104 valence electrons. The highest BCUT2D eigenvalue weighted by molar-refractivity contribution is 5.77. The standard InChI is InChI=1S/C18H20O2/c1-2-16(19)11-8-14-20-18-13-7-6-12-17(18)15-9-4-3-5-10-15/h3-7,9-10,12-13H,2,8,11,14H2,1H3. The highest BCUT2D eigenvalue weighted by Gasteiger charge is 2.05. The highest BCUT2D eigenvalue weighted by Crippen LogP contribution is 2.29. The maximum Gasteiger partial charge on any atom is 0.132 e. The Labute approximate surface area is 120 Å². The SMILES string of the molecule is CCC(=O)CCCOc1ccccc1-c1ccccc1. The first kappa shape index (κ1) is 14.3. The van der Waals surface area contributed by atoms with E-state index in [0.29, 0.717) is 25.2 Å². The molecule has 0 bridgehead atoms. The number of hydrogen-bond donors (Lipinski definition) is 0. The number of carbonyl (C=O) groups excluding carboxylic acids is 1. The molecule has 0 radical (unpaired) electrons. The number of benzene rings is 2. The summed E-state index contributed by atoms with van der Waals surface area (Å²) in [6.07, 6.45) is 1.99. The molecule has 0 aliphatic heterocycles. The van der Waals surface area contributed by atoms with E-state index in [1.165, 1.54) is 0 Å². The van der Waals surface area contributed by atoms with Crippen LogP contribution in [0.25, 0.3) is 11.1 Å². The quantitative estimate of drug-likeness (QED) is 0.691. The number of ether oxygens (including phenoxy) is 1. The van der Waals surface area contributed by atoms with Crippen molar-refractivity contribution in [1.29, 1.82) is 0 Å². The van der Waals surface area contributed by atoms with Gasteiger partial charge in [0.25, 0.3) is 0 Å². The zero-order chi connectivity index (χ0) is 14.2. The second-order valence-corrected chi connectivity index (χ2v) is 4.71. The number of rotatable bonds is 7. The largest absolute Gasteiger partial charge is 0.493 e. The van der Waals surface area contributed by atoms with Gasteiger partial charge in [0.05, 0.1) is 6.61 Å². The molecule has 2 aromatic carbocycles. The number of Topliss-reactive ketones (excluding diaryl/α,β-unsaturated/α-hetero) is 1. The van der Waals surface area contributed by atoms with E-state index < -0.39 is 0 Å². The van der Waals surface area contributed by atoms with Crippen molar-refractivity contribution in [3.8, 4) is 16.9 Å². The molecule has 0 atom stereocenters. The van der Waals surface area contributed by atoms with Gasteiger partial charge in [-0.1, -0.05) is 55.5 Å². The molecule has 0 heterocycles. The van der Waals surface area contributed by atoms with Gasteiger partial charge in [-0.25, -0.2) is 0 Å². The van der Waals surface area contributed by atoms with Crippen molar-refractivity contribution in [3.05, 3.63) is 54.6 Å². The van der Waals surface area contributed by atoms with E-state index in [0.717, 1.165) is 23.3 Å². The van der Waals surface area contributed by atoms with Crippen LogP contribution in [0.2, 0.25) is 0 Å². The fraction of sp³-hybridized carbons (Fsp3) is 0.278. The third-order valence-electron chi connectivity index (χ3n) is 3.22. The van der Waals surface area contributed by atoms with Crippen LogP contribution in [0.4, 0.5) is 0 Å². The first-order valence-electron chi connectivity index (χ1n) is 7.10. The molecular weight excluding hydrogens is 248 g/mol. The molecule has 2 nitrogen and oxygen atoms in total. The molecule has 20 heavy (non-hydrogen) atoms. The Bertz CT molecular complexity index is 546. The van der Waals surface area contributed by atoms with Crippen LogP contribution in [0.15, 0.2) is 54.6 Å². The predicted molar refractivity (Wildman–Crippen MR) is 81.9 cm³/mol. The van der Waals surface area contributed by atoms with Crippen molar-refractivity contribution in [2.24, 2.45) is 0 Å². The monoisotopic (exact) mass is 268 g/mol. The molecule has 2 rings (SSSR count). The lowest BCUT2D eigenvalue weighted by molar-refractivity contribution is -0.118. The molecule has 0 N–H and O–H groups in total. The maximum atomic E-state index is 11.3. The van der Waals surface area contributed by atoms with Gasteiger partial charge >= 0.3 is 0 Å². The van der Waals surface area contributed by atoms with Crippen LogP contribution in [0, 0.1) is 0 Å². The van der Waals surface area contributed by atoms with Gasteiger partial charge in [0.15, 0.2) is 0 Å². The summed E-state index contributed by atoms with van der Waals surface area (Å²) in [6.45, 7) is 2.48. The van der Waals surface area contributed by atoms with Gasteiger partial charge in [-0.15, -0.1) is 0 Å². The molecule has 0 amide bonds. The Morgan fingerprint density at radius 1 is 1.00 bits per heavy atom. The lowest BCUT2D eigenvalue weighted by Crippen LogP contribution is -2.02. The molecule has 0 aromatic heterocycles. The average molecular weight is 268 g/mol. The molecule has 0 aliphatic rings. The third-order valence-corrected chi connectivity index (χ3v) is 3.22. The second kappa shape index (κ2) is 7.49. The van der Waals surface area contributed by atoms with E-state index >= 15 is 0 Å². The zero-order valence-corrected chi connectivity index (χ0v) is 11.8. The van der Waals surface area contributed by atoms with E-state index in [1.807, 2.05) is 43.3 Å². The Morgan fingerprint density at radius 3 is 2.45 bits per heavy atom. The minimum absolute atomic E-state index is 0.296. The number of para-hydroxylation sites is 1. The van der Waals surface area contributed by atoms with E-state index in [1.54, 1.807) is 0 Å². The molecule has 0 unspecified atom stereocenters. The van der Waals surface area contributed by atoms with Crippen molar-refractivity contribution in [1.82, 2.24) is 0 Å². The number of ketones is 1. The lowest BCUT2D eigenvalue weighted by Gasteiger charge is -2.11. The first-order chi connectivity index (χ1) is 9.81. The van der Waals surface area contributed by atoms with E-state index in [-0.39, 0.29) is 0 Å². The van der Waals surface area contributed by atoms with Gasteiger partial charge in [-0.2, -0.15) is 0 Å². The molecule has 0 aliphatic carbocycles. The van der Waals surface area contributed by atoms with Gasteiger partial charge < -0.3 is 4.74 Å².